The monoisotopic (exact) mass is 373 g/mol. The van der Waals surface area contributed by atoms with Crippen molar-refractivity contribution in [2.45, 2.75) is 50.6 Å². The van der Waals surface area contributed by atoms with Gasteiger partial charge in [0.1, 0.15) is 5.75 Å². The zero-order valence-electron chi connectivity index (χ0n) is 14.5. The number of morpholine rings is 1. The maximum Gasteiger partial charge on any atom is 0.491 e. The molecule has 0 amide bonds. The summed E-state index contributed by atoms with van der Waals surface area (Å²) in [7, 11) is 0. The van der Waals surface area contributed by atoms with Crippen LogP contribution < -0.4 is 4.74 Å². The first-order valence-electron chi connectivity index (χ1n) is 8.73. The van der Waals surface area contributed by atoms with Gasteiger partial charge in [-0.15, -0.1) is 0 Å². The molecule has 0 aromatic heterocycles. The third-order valence-electron chi connectivity index (χ3n) is 4.92. The Balaban J connectivity index is 1.86. The van der Waals surface area contributed by atoms with E-state index >= 15 is 0 Å². The zero-order valence-corrected chi connectivity index (χ0v) is 14.5. The van der Waals surface area contributed by atoms with E-state index in [4.69, 9.17) is 4.74 Å². The molecule has 0 radical (unpaired) electrons. The van der Waals surface area contributed by atoms with E-state index in [0.717, 1.165) is 18.5 Å². The minimum atomic E-state index is -5.04. The molecule has 8 heteroatoms. The lowest BCUT2D eigenvalue weighted by Crippen LogP contribution is -2.58. The molecule has 2 aliphatic rings. The van der Waals surface area contributed by atoms with Gasteiger partial charge in [-0.1, -0.05) is 19.1 Å². The number of ether oxygens (including phenoxy) is 2. The second kappa shape index (κ2) is 7.54. The predicted octanol–water partition coefficient (Wildman–Crippen LogP) is 2.09. The van der Waals surface area contributed by atoms with Crippen molar-refractivity contribution >= 4 is 5.97 Å². The summed E-state index contributed by atoms with van der Waals surface area (Å²) in [5.41, 5.74) is 1.44. The van der Waals surface area contributed by atoms with Crippen LogP contribution in [0.15, 0.2) is 18.2 Å². The third-order valence-corrected chi connectivity index (χ3v) is 4.92. The molecule has 5 nitrogen and oxygen atoms in total. The highest BCUT2D eigenvalue weighted by Gasteiger charge is 2.43. The summed E-state index contributed by atoms with van der Waals surface area (Å²) in [6.07, 6.45) is -3.72. The lowest BCUT2D eigenvalue weighted by atomic mass is 9.83. The second-order valence-corrected chi connectivity index (χ2v) is 6.73. The van der Waals surface area contributed by atoms with E-state index < -0.39 is 12.1 Å². The number of alkyl halides is 3. The highest BCUT2D eigenvalue weighted by atomic mass is 19.4. The summed E-state index contributed by atoms with van der Waals surface area (Å²) in [6, 6.07) is 4.92. The Morgan fingerprint density at radius 3 is 2.81 bits per heavy atom. The number of hydrogen-bond donors (Lipinski definition) is 1. The number of halogens is 3. The minimum Gasteiger partial charge on any atom is -0.420 e. The van der Waals surface area contributed by atoms with Gasteiger partial charge in [-0.25, -0.2) is 4.79 Å². The van der Waals surface area contributed by atoms with Crippen LogP contribution in [0.3, 0.4) is 0 Å². The van der Waals surface area contributed by atoms with Crippen molar-refractivity contribution in [2.24, 2.45) is 0 Å². The van der Waals surface area contributed by atoms with Gasteiger partial charge in [-0.05, 0) is 31.0 Å². The van der Waals surface area contributed by atoms with Crippen LogP contribution in [0.2, 0.25) is 0 Å². The molecule has 1 aromatic carbocycles. The summed E-state index contributed by atoms with van der Waals surface area (Å²) in [6.45, 7) is 3.45. The average molecular weight is 373 g/mol. The first kappa shape index (κ1) is 19.1. The van der Waals surface area contributed by atoms with Gasteiger partial charge in [0.05, 0.1) is 18.8 Å². The van der Waals surface area contributed by atoms with Gasteiger partial charge in [0.15, 0.2) is 0 Å². The van der Waals surface area contributed by atoms with Crippen LogP contribution in [0.5, 0.6) is 5.75 Å². The molecular weight excluding hydrogens is 351 g/mol. The van der Waals surface area contributed by atoms with Gasteiger partial charge in [-0.2, -0.15) is 13.2 Å². The van der Waals surface area contributed by atoms with E-state index in [9.17, 15) is 23.1 Å². The van der Waals surface area contributed by atoms with E-state index in [1.165, 1.54) is 6.07 Å². The van der Waals surface area contributed by atoms with E-state index in [1.807, 2.05) is 6.07 Å². The number of hydrogen-bond acceptors (Lipinski definition) is 5. The first-order chi connectivity index (χ1) is 12.3. The van der Waals surface area contributed by atoms with Crippen molar-refractivity contribution in [3.8, 4) is 5.75 Å². The number of esters is 1. The zero-order chi connectivity index (χ0) is 18.9. The van der Waals surface area contributed by atoms with Crippen molar-refractivity contribution in [3.05, 3.63) is 29.3 Å². The topological polar surface area (TPSA) is 59.0 Å². The molecule has 1 heterocycles. The molecule has 1 aromatic rings. The van der Waals surface area contributed by atoms with Gasteiger partial charge >= 0.3 is 12.1 Å². The molecule has 3 atom stereocenters. The molecule has 144 valence electrons. The van der Waals surface area contributed by atoms with Crippen molar-refractivity contribution in [3.63, 3.8) is 0 Å². The Bertz CT molecular complexity index is 664. The van der Waals surface area contributed by atoms with E-state index in [0.29, 0.717) is 24.9 Å². The summed E-state index contributed by atoms with van der Waals surface area (Å²) in [4.78, 5) is 13.5. The molecule has 26 heavy (non-hydrogen) atoms. The number of fused-ring (bicyclic) bond motifs is 2. The fourth-order valence-corrected chi connectivity index (χ4v) is 3.82. The molecule has 1 saturated heterocycles. The molecule has 1 aliphatic heterocycles. The van der Waals surface area contributed by atoms with Gasteiger partial charge in [-0.3, -0.25) is 4.90 Å². The highest BCUT2D eigenvalue weighted by molar-refractivity contribution is 5.78. The van der Waals surface area contributed by atoms with Crippen LogP contribution in [0.25, 0.3) is 0 Å². The third kappa shape index (κ3) is 3.87. The molecule has 1 aliphatic carbocycles. The summed E-state index contributed by atoms with van der Waals surface area (Å²) in [5, 5.41) is 9.48. The lowest BCUT2D eigenvalue weighted by Gasteiger charge is -2.47. The Morgan fingerprint density at radius 1 is 1.38 bits per heavy atom. The normalized spacial score (nSPS) is 26.1. The number of nitrogens with zero attached hydrogens (tertiary/aromatic N) is 1. The van der Waals surface area contributed by atoms with Crippen LogP contribution in [0.4, 0.5) is 13.2 Å². The SMILES string of the molecule is CCCN1C[C@H](CO)O[C@H]2Cc3c(cccc3OC(=O)C(F)(F)F)C[C@@H]21. The maximum atomic E-state index is 12.5. The molecule has 0 saturated carbocycles. The standard InChI is InChI=1S/C18H22F3NO4/c1-2-6-22-9-12(10-23)25-16-8-13-11(7-14(16)22)4-3-5-15(13)26-17(24)18(19,20)21/h3-5,12,14,16,23H,2,6-10H2,1H3/t12-,14+,16+/m1/s1. The van der Waals surface area contributed by atoms with Gasteiger partial charge in [0, 0.05) is 24.6 Å². The van der Waals surface area contributed by atoms with Crippen LogP contribution in [0.1, 0.15) is 24.5 Å². The predicted molar refractivity (Wildman–Crippen MR) is 86.9 cm³/mol. The van der Waals surface area contributed by atoms with Crippen LogP contribution >= 0.6 is 0 Å². The fraction of sp³-hybridized carbons (Fsp3) is 0.611. The van der Waals surface area contributed by atoms with Gasteiger partial charge in [0.2, 0.25) is 0 Å². The maximum absolute atomic E-state index is 12.5. The Kier molecular flexibility index (Phi) is 5.55. The smallest absolute Gasteiger partial charge is 0.420 e. The van der Waals surface area contributed by atoms with E-state index in [1.54, 1.807) is 6.07 Å². The van der Waals surface area contributed by atoms with E-state index in [2.05, 4.69) is 16.6 Å². The van der Waals surface area contributed by atoms with Gasteiger partial charge in [0.25, 0.3) is 0 Å². The number of rotatable bonds is 4. The fourth-order valence-electron chi connectivity index (χ4n) is 3.82. The van der Waals surface area contributed by atoms with Gasteiger partial charge < -0.3 is 14.6 Å². The number of aliphatic hydroxyl groups excluding tert-OH is 1. The van der Waals surface area contributed by atoms with Crippen molar-refractivity contribution < 1.29 is 32.5 Å². The number of carbonyl (C=O) groups excluding carboxylic acids is 1. The molecule has 0 bridgehead atoms. The Morgan fingerprint density at radius 2 is 2.15 bits per heavy atom. The molecule has 3 rings (SSSR count). The highest BCUT2D eigenvalue weighted by Crippen LogP contribution is 2.36. The average Bonchev–Trinajstić information content (AvgIpc) is 2.60. The quantitative estimate of drug-likeness (QED) is 0.647. The Hall–Kier alpha value is -1.64. The van der Waals surface area contributed by atoms with Crippen LogP contribution in [-0.2, 0) is 22.4 Å². The minimum absolute atomic E-state index is 0.0694. The molecule has 0 unspecified atom stereocenters. The number of benzene rings is 1. The van der Waals surface area contributed by atoms with Crippen molar-refractivity contribution in [1.29, 1.82) is 0 Å². The first-order valence-corrected chi connectivity index (χ1v) is 8.73. The van der Waals surface area contributed by atoms with Crippen LogP contribution in [0, 0.1) is 0 Å². The second-order valence-electron chi connectivity index (χ2n) is 6.73. The molecule has 1 N–H and O–H groups in total. The summed E-state index contributed by atoms with van der Waals surface area (Å²) < 4.78 is 48.2. The largest absolute Gasteiger partial charge is 0.491 e. The number of carbonyl (C=O) groups is 1. The molecule has 1 fully saturated rings. The van der Waals surface area contributed by atoms with E-state index in [-0.39, 0.29) is 30.6 Å². The van der Waals surface area contributed by atoms with Crippen molar-refractivity contribution in [1.82, 2.24) is 4.90 Å². The molecule has 0 spiro atoms. The molecular formula is C18H22F3NO4. The summed E-state index contributed by atoms with van der Waals surface area (Å²) in [5.74, 6) is -2.29. The Labute approximate surface area is 149 Å². The lowest BCUT2D eigenvalue weighted by molar-refractivity contribution is -0.189. The van der Waals surface area contributed by atoms with Crippen molar-refractivity contribution in [2.75, 3.05) is 19.7 Å². The van der Waals surface area contributed by atoms with Crippen LogP contribution in [-0.4, -0.2) is 60.1 Å². The summed E-state index contributed by atoms with van der Waals surface area (Å²) >= 11 is 0. The number of aliphatic hydroxyl groups is 1.